The highest BCUT2D eigenvalue weighted by Crippen LogP contribution is 2.31. The SMILES string of the molecule is Cc1cccc(NC(=O)NCC(c2cccnc2)c2cn(C)c3ccccc23)c1C. The molecule has 0 aliphatic carbocycles. The first-order valence-electron chi connectivity index (χ1n) is 10.1. The zero-order chi connectivity index (χ0) is 21.1. The summed E-state index contributed by atoms with van der Waals surface area (Å²) in [5.41, 5.74) is 6.47. The summed E-state index contributed by atoms with van der Waals surface area (Å²) in [6.45, 7) is 4.52. The molecule has 2 aromatic heterocycles. The number of hydrogen-bond donors (Lipinski definition) is 2. The summed E-state index contributed by atoms with van der Waals surface area (Å²) in [6, 6.07) is 18.0. The molecule has 0 aliphatic rings. The molecule has 1 atom stereocenters. The van der Waals surface area contributed by atoms with Gasteiger partial charge in [-0.1, -0.05) is 36.4 Å². The van der Waals surface area contributed by atoms with Crippen LogP contribution < -0.4 is 10.6 Å². The van der Waals surface area contributed by atoms with Gasteiger partial charge in [-0.2, -0.15) is 0 Å². The number of carbonyl (C=O) groups excluding carboxylic acids is 1. The number of nitrogens with zero attached hydrogens (tertiary/aromatic N) is 2. The van der Waals surface area contributed by atoms with E-state index in [0.29, 0.717) is 6.54 Å². The van der Waals surface area contributed by atoms with Gasteiger partial charge in [-0.3, -0.25) is 4.98 Å². The van der Waals surface area contributed by atoms with E-state index in [9.17, 15) is 4.79 Å². The molecule has 2 heterocycles. The Balaban J connectivity index is 1.60. The van der Waals surface area contributed by atoms with E-state index in [1.54, 1.807) is 6.20 Å². The molecule has 0 fully saturated rings. The number of hydrogen-bond acceptors (Lipinski definition) is 2. The molecule has 5 heteroatoms. The lowest BCUT2D eigenvalue weighted by Crippen LogP contribution is -2.33. The van der Waals surface area contributed by atoms with Gasteiger partial charge in [0.25, 0.3) is 0 Å². The lowest BCUT2D eigenvalue weighted by atomic mass is 9.92. The van der Waals surface area contributed by atoms with Crippen molar-refractivity contribution in [2.24, 2.45) is 7.05 Å². The molecule has 2 N–H and O–H groups in total. The van der Waals surface area contributed by atoms with Gasteiger partial charge in [-0.25, -0.2) is 4.79 Å². The standard InChI is InChI=1S/C25H26N4O/c1-17-8-6-11-23(18(17)2)28-25(30)27-15-21(19-9-7-13-26-14-19)22-16-29(3)24-12-5-4-10-20(22)24/h4-14,16,21H,15H2,1-3H3,(H2,27,28,30). The highest BCUT2D eigenvalue weighted by Gasteiger charge is 2.20. The second kappa shape index (κ2) is 8.41. The van der Waals surface area contributed by atoms with Gasteiger partial charge >= 0.3 is 6.03 Å². The normalized spacial score (nSPS) is 12.0. The van der Waals surface area contributed by atoms with Crippen LogP contribution in [0.25, 0.3) is 10.9 Å². The van der Waals surface area contributed by atoms with Gasteiger partial charge in [0.2, 0.25) is 0 Å². The van der Waals surface area contributed by atoms with E-state index >= 15 is 0 Å². The third-order valence-electron chi connectivity index (χ3n) is 5.71. The Kier molecular flexibility index (Phi) is 5.53. The third-order valence-corrected chi connectivity index (χ3v) is 5.71. The van der Waals surface area contributed by atoms with Crippen LogP contribution in [-0.2, 0) is 7.05 Å². The van der Waals surface area contributed by atoms with Crippen molar-refractivity contribution in [3.8, 4) is 0 Å². The van der Waals surface area contributed by atoms with Crippen LogP contribution in [-0.4, -0.2) is 22.1 Å². The number of fused-ring (bicyclic) bond motifs is 1. The second-order valence-electron chi connectivity index (χ2n) is 7.63. The van der Waals surface area contributed by atoms with Crippen LogP contribution in [0.15, 0.2) is 73.2 Å². The number of aryl methyl sites for hydroxylation is 2. The molecule has 2 amide bonds. The fraction of sp³-hybridized carbons (Fsp3) is 0.200. The smallest absolute Gasteiger partial charge is 0.319 e. The summed E-state index contributed by atoms with van der Waals surface area (Å²) in [5, 5.41) is 7.23. The van der Waals surface area contributed by atoms with Gasteiger partial charge in [0, 0.05) is 54.7 Å². The predicted molar refractivity (Wildman–Crippen MR) is 122 cm³/mol. The molecule has 2 aromatic carbocycles. The van der Waals surface area contributed by atoms with Crippen molar-refractivity contribution in [2.45, 2.75) is 19.8 Å². The number of nitrogens with one attached hydrogen (secondary N) is 2. The van der Waals surface area contributed by atoms with Crippen LogP contribution in [0.3, 0.4) is 0 Å². The van der Waals surface area contributed by atoms with E-state index in [1.807, 2.05) is 63.5 Å². The van der Waals surface area contributed by atoms with Crippen molar-refractivity contribution < 1.29 is 4.79 Å². The van der Waals surface area contributed by atoms with E-state index in [2.05, 4.69) is 44.6 Å². The zero-order valence-electron chi connectivity index (χ0n) is 17.5. The number of rotatable bonds is 5. The largest absolute Gasteiger partial charge is 0.350 e. The number of urea groups is 1. The van der Waals surface area contributed by atoms with E-state index in [0.717, 1.165) is 22.4 Å². The Morgan fingerprint density at radius 2 is 1.90 bits per heavy atom. The number of para-hydroxylation sites is 1. The van der Waals surface area contributed by atoms with Crippen LogP contribution >= 0.6 is 0 Å². The van der Waals surface area contributed by atoms with Crippen molar-refractivity contribution in [3.05, 3.63) is 95.4 Å². The van der Waals surface area contributed by atoms with Gasteiger partial charge in [-0.15, -0.1) is 0 Å². The van der Waals surface area contributed by atoms with Crippen LogP contribution in [0.5, 0.6) is 0 Å². The molecule has 0 saturated carbocycles. The first-order chi connectivity index (χ1) is 14.5. The number of anilines is 1. The second-order valence-corrected chi connectivity index (χ2v) is 7.63. The maximum Gasteiger partial charge on any atom is 0.319 e. The fourth-order valence-corrected chi connectivity index (χ4v) is 3.89. The first kappa shape index (κ1) is 19.7. The number of amides is 2. The van der Waals surface area contributed by atoms with Gasteiger partial charge in [0.05, 0.1) is 0 Å². The van der Waals surface area contributed by atoms with Crippen LogP contribution in [0, 0.1) is 13.8 Å². The molecule has 0 radical (unpaired) electrons. The number of carbonyl (C=O) groups is 1. The Bertz CT molecular complexity index is 1180. The lowest BCUT2D eigenvalue weighted by molar-refractivity contribution is 0.252. The Morgan fingerprint density at radius 1 is 1.07 bits per heavy atom. The average Bonchev–Trinajstić information content (AvgIpc) is 3.09. The summed E-state index contributed by atoms with van der Waals surface area (Å²) in [6.07, 6.45) is 5.79. The maximum atomic E-state index is 12.7. The van der Waals surface area contributed by atoms with E-state index in [4.69, 9.17) is 0 Å². The molecule has 5 nitrogen and oxygen atoms in total. The lowest BCUT2D eigenvalue weighted by Gasteiger charge is -2.18. The van der Waals surface area contributed by atoms with Crippen LogP contribution in [0.2, 0.25) is 0 Å². The molecule has 4 aromatic rings. The summed E-state index contributed by atoms with van der Waals surface area (Å²) in [4.78, 5) is 17.0. The average molecular weight is 399 g/mol. The van der Waals surface area contributed by atoms with Crippen molar-refractivity contribution in [2.75, 3.05) is 11.9 Å². The molecule has 4 rings (SSSR count). The molecule has 152 valence electrons. The molecule has 0 saturated heterocycles. The van der Waals surface area contributed by atoms with Crippen molar-refractivity contribution in [3.63, 3.8) is 0 Å². The monoisotopic (exact) mass is 398 g/mol. The summed E-state index contributed by atoms with van der Waals surface area (Å²) < 4.78 is 2.13. The molecular formula is C25H26N4O. The minimum absolute atomic E-state index is 0.00541. The Labute approximate surface area is 176 Å². The maximum absolute atomic E-state index is 12.7. The Hall–Kier alpha value is -3.60. The molecule has 0 bridgehead atoms. The van der Waals surface area contributed by atoms with Gasteiger partial charge < -0.3 is 15.2 Å². The molecule has 0 aliphatic heterocycles. The minimum atomic E-state index is -0.210. The van der Waals surface area contributed by atoms with Crippen molar-refractivity contribution >= 4 is 22.6 Å². The Morgan fingerprint density at radius 3 is 2.70 bits per heavy atom. The predicted octanol–water partition coefficient (Wildman–Crippen LogP) is 5.14. The highest BCUT2D eigenvalue weighted by molar-refractivity contribution is 5.90. The summed E-state index contributed by atoms with van der Waals surface area (Å²) >= 11 is 0. The summed E-state index contributed by atoms with van der Waals surface area (Å²) in [7, 11) is 2.05. The van der Waals surface area contributed by atoms with Crippen LogP contribution in [0.4, 0.5) is 10.5 Å². The zero-order valence-corrected chi connectivity index (χ0v) is 17.5. The van der Waals surface area contributed by atoms with Gasteiger partial charge in [0.1, 0.15) is 0 Å². The number of aromatic nitrogens is 2. The number of pyridine rings is 1. The van der Waals surface area contributed by atoms with Crippen molar-refractivity contribution in [1.82, 2.24) is 14.9 Å². The van der Waals surface area contributed by atoms with Gasteiger partial charge in [0.15, 0.2) is 0 Å². The minimum Gasteiger partial charge on any atom is -0.350 e. The quantitative estimate of drug-likeness (QED) is 0.489. The van der Waals surface area contributed by atoms with E-state index < -0.39 is 0 Å². The highest BCUT2D eigenvalue weighted by atomic mass is 16.2. The fourth-order valence-electron chi connectivity index (χ4n) is 3.89. The molecule has 1 unspecified atom stereocenters. The van der Waals surface area contributed by atoms with Crippen molar-refractivity contribution in [1.29, 1.82) is 0 Å². The molecule has 0 spiro atoms. The third kappa shape index (κ3) is 3.92. The first-order valence-corrected chi connectivity index (χ1v) is 10.1. The topological polar surface area (TPSA) is 59.0 Å². The molecular weight excluding hydrogens is 372 g/mol. The van der Waals surface area contributed by atoms with Crippen LogP contribution in [0.1, 0.15) is 28.2 Å². The summed E-state index contributed by atoms with van der Waals surface area (Å²) in [5.74, 6) is -0.00541. The van der Waals surface area contributed by atoms with Gasteiger partial charge in [-0.05, 0) is 54.3 Å². The number of benzene rings is 2. The molecule has 30 heavy (non-hydrogen) atoms. The van der Waals surface area contributed by atoms with E-state index in [-0.39, 0.29) is 11.9 Å². The van der Waals surface area contributed by atoms with E-state index in [1.165, 1.54) is 16.5 Å².